The number of halogens is 3. The third kappa shape index (κ3) is 5.07. The van der Waals surface area contributed by atoms with Gasteiger partial charge in [0.25, 0.3) is 11.8 Å². The van der Waals surface area contributed by atoms with Crippen molar-refractivity contribution in [2.45, 2.75) is 44.9 Å². The van der Waals surface area contributed by atoms with Crippen molar-refractivity contribution in [1.82, 2.24) is 10.2 Å². The first-order valence-corrected chi connectivity index (χ1v) is 12.6. The zero-order valence-corrected chi connectivity index (χ0v) is 23.5. The molecule has 0 spiro atoms. The van der Waals surface area contributed by atoms with Crippen LogP contribution in [0.2, 0.25) is 0 Å². The molecule has 0 unspecified atom stereocenters. The summed E-state index contributed by atoms with van der Waals surface area (Å²) in [5.41, 5.74) is -4.92. The Hall–Kier alpha value is -4.22. The monoisotopic (exact) mass is 576 g/mol. The summed E-state index contributed by atoms with van der Waals surface area (Å²) in [6, 6.07) is 8.79. The number of benzene rings is 2. The average Bonchev–Trinajstić information content (AvgIpc) is 3.15. The Balaban J connectivity index is 1.86. The first-order chi connectivity index (χ1) is 19.2. The van der Waals surface area contributed by atoms with Crippen LogP contribution < -0.4 is 24.3 Å². The van der Waals surface area contributed by atoms with Gasteiger partial charge in [-0.25, -0.2) is 0 Å². The lowest BCUT2D eigenvalue weighted by Crippen LogP contribution is -2.66. The molecule has 0 saturated carbocycles. The van der Waals surface area contributed by atoms with E-state index in [2.05, 4.69) is 0 Å². The summed E-state index contributed by atoms with van der Waals surface area (Å²) in [6.45, 7) is 3.24. The summed E-state index contributed by atoms with van der Waals surface area (Å²) >= 11 is 0. The number of ether oxygens (including phenoxy) is 4. The Morgan fingerprint density at radius 1 is 0.927 bits per heavy atom. The van der Waals surface area contributed by atoms with E-state index in [0.717, 1.165) is 17.0 Å². The molecule has 0 fully saturated rings. The van der Waals surface area contributed by atoms with Crippen molar-refractivity contribution in [2.24, 2.45) is 5.41 Å². The van der Waals surface area contributed by atoms with Gasteiger partial charge in [0, 0.05) is 17.7 Å². The van der Waals surface area contributed by atoms with Crippen molar-refractivity contribution in [3.05, 3.63) is 58.8 Å². The highest BCUT2D eigenvalue weighted by Crippen LogP contribution is 2.52. The second-order valence-electron chi connectivity index (χ2n) is 10.6. The van der Waals surface area contributed by atoms with Crippen molar-refractivity contribution in [2.75, 3.05) is 28.4 Å². The van der Waals surface area contributed by atoms with Gasteiger partial charge < -0.3 is 29.2 Å². The molecule has 220 valence electrons. The van der Waals surface area contributed by atoms with Crippen LogP contribution in [0.25, 0.3) is 0 Å². The van der Waals surface area contributed by atoms with E-state index in [1.165, 1.54) is 28.4 Å². The minimum Gasteiger partial charge on any atom is -0.497 e. The highest BCUT2D eigenvalue weighted by Gasteiger charge is 2.71. The van der Waals surface area contributed by atoms with Gasteiger partial charge in [-0.15, -0.1) is 0 Å². The Bertz CT molecular complexity index is 1390. The van der Waals surface area contributed by atoms with E-state index in [1.807, 2.05) is 5.32 Å². The number of nitrogens with one attached hydrogen (secondary N) is 1. The standard InChI is InChI=1S/C29H31F3N2O7/c1-27(2)13-19-23(20(35)14-27)28(29(30,31)32,26(37)34(19)15-16-7-9-18(38-3)10-8-16)33-25(36)17-11-21(39-4)24(41-6)22(12-17)40-5/h7-12H,13-15H2,1-6H3,(H,33,36)/t28-/m1/s1. The summed E-state index contributed by atoms with van der Waals surface area (Å²) in [7, 11) is 5.37. The van der Waals surface area contributed by atoms with Crippen LogP contribution in [0.5, 0.6) is 23.0 Å². The summed E-state index contributed by atoms with van der Waals surface area (Å²) in [5, 5.41) is 1.92. The number of Topliss-reactive ketones (excluding diaryl/α,β-unsaturated/α-hetero) is 1. The van der Waals surface area contributed by atoms with Crippen molar-refractivity contribution < 1.29 is 46.5 Å². The topological polar surface area (TPSA) is 103 Å². The van der Waals surface area contributed by atoms with Crippen molar-refractivity contribution in [3.63, 3.8) is 0 Å². The smallest absolute Gasteiger partial charge is 0.425 e. The zero-order chi connectivity index (χ0) is 30.3. The van der Waals surface area contributed by atoms with Gasteiger partial charge in [0.1, 0.15) is 5.75 Å². The molecule has 4 rings (SSSR count). The highest BCUT2D eigenvalue weighted by atomic mass is 19.4. The average molecular weight is 577 g/mol. The summed E-state index contributed by atoms with van der Waals surface area (Å²) < 4.78 is 66.3. The van der Waals surface area contributed by atoms with E-state index >= 15 is 13.2 Å². The third-order valence-corrected chi connectivity index (χ3v) is 7.27. The van der Waals surface area contributed by atoms with E-state index in [1.54, 1.807) is 38.1 Å². The van der Waals surface area contributed by atoms with E-state index < -0.39 is 40.3 Å². The molecule has 1 N–H and O–H groups in total. The quantitative estimate of drug-likeness (QED) is 0.496. The number of rotatable bonds is 8. The molecule has 2 amide bonds. The zero-order valence-electron chi connectivity index (χ0n) is 23.5. The minimum absolute atomic E-state index is 0.0207. The molecule has 0 saturated heterocycles. The molecule has 0 aromatic heterocycles. The predicted molar refractivity (Wildman–Crippen MR) is 141 cm³/mol. The van der Waals surface area contributed by atoms with Crippen LogP contribution in [-0.4, -0.2) is 62.7 Å². The van der Waals surface area contributed by atoms with Gasteiger partial charge in [-0.05, 0) is 41.7 Å². The first-order valence-electron chi connectivity index (χ1n) is 12.6. The maximum absolute atomic E-state index is 15.2. The lowest BCUT2D eigenvalue weighted by Gasteiger charge is -2.35. The Kier molecular flexibility index (Phi) is 7.72. The predicted octanol–water partition coefficient (Wildman–Crippen LogP) is 4.44. The summed E-state index contributed by atoms with van der Waals surface area (Å²) in [5.74, 6) is -2.89. The van der Waals surface area contributed by atoms with Gasteiger partial charge in [0.2, 0.25) is 11.3 Å². The summed E-state index contributed by atoms with van der Waals surface area (Å²) in [4.78, 5) is 41.8. The fraction of sp³-hybridized carbons (Fsp3) is 0.414. The van der Waals surface area contributed by atoms with Crippen LogP contribution in [0.4, 0.5) is 13.2 Å². The van der Waals surface area contributed by atoms with Crippen LogP contribution >= 0.6 is 0 Å². The maximum atomic E-state index is 15.2. The fourth-order valence-electron chi connectivity index (χ4n) is 5.36. The molecule has 1 atom stereocenters. The highest BCUT2D eigenvalue weighted by molar-refractivity contribution is 6.14. The van der Waals surface area contributed by atoms with Gasteiger partial charge in [-0.3, -0.25) is 14.4 Å². The Morgan fingerprint density at radius 3 is 2.00 bits per heavy atom. The lowest BCUT2D eigenvalue weighted by atomic mass is 9.72. The van der Waals surface area contributed by atoms with Crippen molar-refractivity contribution in [1.29, 1.82) is 0 Å². The molecule has 9 nitrogen and oxygen atoms in total. The molecule has 0 radical (unpaired) electrons. The molecular weight excluding hydrogens is 545 g/mol. The van der Waals surface area contributed by atoms with Gasteiger partial charge in [0.15, 0.2) is 17.3 Å². The van der Waals surface area contributed by atoms with Crippen LogP contribution in [0.15, 0.2) is 47.7 Å². The molecule has 2 aromatic rings. The Morgan fingerprint density at radius 2 is 1.51 bits per heavy atom. The SMILES string of the molecule is COc1ccc(CN2C(=O)[C@@](NC(=O)c3cc(OC)c(OC)c(OC)c3)(C(F)(F)F)C3=C2CC(C)(C)CC3=O)cc1. The second kappa shape index (κ2) is 10.6. The summed E-state index contributed by atoms with van der Waals surface area (Å²) in [6.07, 6.45) is -5.56. The van der Waals surface area contributed by atoms with E-state index in [-0.39, 0.29) is 47.9 Å². The number of nitrogens with zero attached hydrogens (tertiary/aromatic N) is 1. The number of allylic oxidation sites excluding steroid dienone is 1. The number of amides is 2. The van der Waals surface area contributed by atoms with Gasteiger partial charge in [-0.1, -0.05) is 26.0 Å². The number of carbonyl (C=O) groups is 3. The van der Waals surface area contributed by atoms with Crippen LogP contribution in [0.3, 0.4) is 0 Å². The molecule has 12 heteroatoms. The molecule has 1 aliphatic carbocycles. The lowest BCUT2D eigenvalue weighted by molar-refractivity contribution is -0.190. The van der Waals surface area contributed by atoms with Gasteiger partial charge >= 0.3 is 6.18 Å². The van der Waals surface area contributed by atoms with Gasteiger partial charge in [0.05, 0.1) is 40.6 Å². The van der Waals surface area contributed by atoms with E-state index in [0.29, 0.717) is 11.3 Å². The third-order valence-electron chi connectivity index (χ3n) is 7.27. The van der Waals surface area contributed by atoms with Gasteiger partial charge in [-0.2, -0.15) is 13.2 Å². The normalized spacial score (nSPS) is 20.1. The molecule has 2 aliphatic rings. The van der Waals surface area contributed by atoms with Crippen LogP contribution in [0, 0.1) is 5.41 Å². The molecule has 1 heterocycles. The van der Waals surface area contributed by atoms with Crippen LogP contribution in [0.1, 0.15) is 42.6 Å². The largest absolute Gasteiger partial charge is 0.497 e. The number of carbonyl (C=O) groups excluding carboxylic acids is 3. The first kappa shape index (κ1) is 29.8. The number of hydrogen-bond donors (Lipinski definition) is 1. The molecule has 0 bridgehead atoms. The van der Waals surface area contributed by atoms with E-state index in [9.17, 15) is 14.4 Å². The molecule has 1 aliphatic heterocycles. The fourth-order valence-corrected chi connectivity index (χ4v) is 5.36. The molecular formula is C29H31F3N2O7. The van der Waals surface area contributed by atoms with E-state index in [4.69, 9.17) is 18.9 Å². The number of alkyl halides is 3. The maximum Gasteiger partial charge on any atom is 0.425 e. The second-order valence-corrected chi connectivity index (χ2v) is 10.6. The van der Waals surface area contributed by atoms with Crippen LogP contribution in [-0.2, 0) is 16.1 Å². The minimum atomic E-state index is -5.35. The number of ketones is 1. The number of methoxy groups -OCH3 is 4. The Labute approximate surface area is 235 Å². The number of hydrogen-bond acceptors (Lipinski definition) is 7. The van der Waals surface area contributed by atoms with Crippen molar-refractivity contribution >= 4 is 17.6 Å². The van der Waals surface area contributed by atoms with Crippen molar-refractivity contribution in [3.8, 4) is 23.0 Å². The molecule has 41 heavy (non-hydrogen) atoms. The molecule has 2 aromatic carbocycles.